The van der Waals surface area contributed by atoms with Crippen LogP contribution in [0.2, 0.25) is 0 Å². The molecule has 0 spiro atoms. The fourth-order valence-electron chi connectivity index (χ4n) is 2.73. The number of H-pyrrole nitrogens is 1. The molecule has 142 valence electrons. The summed E-state index contributed by atoms with van der Waals surface area (Å²) in [6.07, 6.45) is -1.14. The molecule has 28 heavy (non-hydrogen) atoms. The molecule has 0 aliphatic heterocycles. The number of nitrogens with one attached hydrogen (secondary N) is 2. The van der Waals surface area contributed by atoms with E-state index in [0.29, 0.717) is 22.0 Å². The summed E-state index contributed by atoms with van der Waals surface area (Å²) in [6, 6.07) is 14.9. The molecule has 3 rings (SSSR count). The van der Waals surface area contributed by atoms with Gasteiger partial charge in [0.1, 0.15) is 5.69 Å². The third-order valence-corrected chi connectivity index (χ3v) is 4.19. The topological polar surface area (TPSA) is 105 Å². The van der Waals surface area contributed by atoms with Crippen LogP contribution >= 0.6 is 0 Å². The average molecular weight is 378 g/mol. The maximum absolute atomic E-state index is 12.4. The van der Waals surface area contributed by atoms with E-state index in [-0.39, 0.29) is 11.5 Å². The molecule has 0 aliphatic carbocycles. The maximum atomic E-state index is 12.4. The van der Waals surface area contributed by atoms with Crippen LogP contribution in [0.25, 0.3) is 10.8 Å². The van der Waals surface area contributed by atoms with E-state index in [1.54, 1.807) is 48.5 Å². The number of carbonyl (C=O) groups excluding carboxylic acids is 3. The highest BCUT2D eigenvalue weighted by Gasteiger charge is 2.21. The van der Waals surface area contributed by atoms with Crippen LogP contribution in [0.3, 0.4) is 0 Å². The molecule has 0 saturated carbocycles. The Morgan fingerprint density at radius 2 is 1.71 bits per heavy atom. The van der Waals surface area contributed by atoms with Crippen LogP contribution in [-0.2, 0) is 9.53 Å². The number of para-hydroxylation sites is 1. The van der Waals surface area contributed by atoms with Crippen molar-refractivity contribution >= 4 is 34.1 Å². The van der Waals surface area contributed by atoms with E-state index in [2.05, 4.69) is 10.3 Å². The van der Waals surface area contributed by atoms with Crippen LogP contribution < -0.4 is 10.9 Å². The zero-order chi connectivity index (χ0) is 20.3. The number of Topliss-reactive ketones (excluding diaryl/α,β-unsaturated/α-hetero) is 1. The highest BCUT2D eigenvalue weighted by molar-refractivity contribution is 6.05. The zero-order valence-corrected chi connectivity index (χ0v) is 15.3. The van der Waals surface area contributed by atoms with Crippen LogP contribution in [0.15, 0.2) is 59.4 Å². The number of benzene rings is 2. The van der Waals surface area contributed by atoms with Crippen LogP contribution in [0.5, 0.6) is 0 Å². The summed E-state index contributed by atoms with van der Waals surface area (Å²) in [4.78, 5) is 50.9. The van der Waals surface area contributed by atoms with Crippen molar-refractivity contribution in [1.29, 1.82) is 0 Å². The van der Waals surface area contributed by atoms with Gasteiger partial charge in [-0.1, -0.05) is 30.3 Å². The summed E-state index contributed by atoms with van der Waals surface area (Å²) < 4.78 is 5.17. The van der Waals surface area contributed by atoms with E-state index in [1.807, 2.05) is 0 Å². The lowest BCUT2D eigenvalue weighted by atomic mass is 10.1. The zero-order valence-electron chi connectivity index (χ0n) is 15.3. The Morgan fingerprint density at radius 3 is 2.46 bits per heavy atom. The number of ketones is 1. The number of esters is 1. The molecule has 0 unspecified atom stereocenters. The van der Waals surface area contributed by atoms with Gasteiger partial charge in [0.15, 0.2) is 11.9 Å². The van der Waals surface area contributed by atoms with Crippen molar-refractivity contribution in [3.63, 3.8) is 0 Å². The van der Waals surface area contributed by atoms with Crippen LogP contribution in [0.4, 0.5) is 5.69 Å². The molecule has 0 bridgehead atoms. The Hall–Kier alpha value is -3.74. The number of aromatic amines is 1. The molecule has 1 atom stereocenters. The Kier molecular flexibility index (Phi) is 5.35. The van der Waals surface area contributed by atoms with Gasteiger partial charge in [-0.25, -0.2) is 4.79 Å². The van der Waals surface area contributed by atoms with Gasteiger partial charge in [-0.3, -0.25) is 14.4 Å². The van der Waals surface area contributed by atoms with E-state index in [9.17, 15) is 19.2 Å². The van der Waals surface area contributed by atoms with E-state index < -0.39 is 23.5 Å². The van der Waals surface area contributed by atoms with E-state index in [1.165, 1.54) is 19.9 Å². The number of anilines is 1. The number of hydrogen-bond acceptors (Lipinski definition) is 5. The lowest BCUT2D eigenvalue weighted by Crippen LogP contribution is -2.31. The SMILES string of the molecule is CC(=O)c1ccccc1NC(=O)[C@@H](C)OC(=O)c1cc2ccccc2c(=O)[nH]1. The van der Waals surface area contributed by atoms with E-state index >= 15 is 0 Å². The van der Waals surface area contributed by atoms with Crippen LogP contribution in [0, 0.1) is 0 Å². The Bertz CT molecular complexity index is 1130. The molecular formula is C21H18N2O5. The van der Waals surface area contributed by atoms with Gasteiger partial charge in [0.2, 0.25) is 0 Å². The molecule has 1 aromatic heterocycles. The molecule has 2 N–H and O–H groups in total. The van der Waals surface area contributed by atoms with Crippen LogP contribution in [0.1, 0.15) is 34.7 Å². The monoisotopic (exact) mass is 378 g/mol. The van der Waals surface area contributed by atoms with Crippen molar-refractivity contribution in [2.45, 2.75) is 20.0 Å². The lowest BCUT2D eigenvalue weighted by Gasteiger charge is -2.15. The van der Waals surface area contributed by atoms with Crippen molar-refractivity contribution < 1.29 is 19.1 Å². The first kappa shape index (κ1) is 19.0. The Balaban J connectivity index is 1.75. The summed E-state index contributed by atoms with van der Waals surface area (Å²) in [7, 11) is 0. The Morgan fingerprint density at radius 1 is 1.04 bits per heavy atom. The minimum absolute atomic E-state index is 0.0486. The second-order valence-corrected chi connectivity index (χ2v) is 6.24. The number of carbonyl (C=O) groups is 3. The number of fused-ring (bicyclic) bond motifs is 1. The maximum Gasteiger partial charge on any atom is 0.355 e. The van der Waals surface area contributed by atoms with Gasteiger partial charge in [0, 0.05) is 10.9 Å². The predicted molar refractivity (Wildman–Crippen MR) is 105 cm³/mol. The third-order valence-electron chi connectivity index (χ3n) is 4.19. The van der Waals surface area contributed by atoms with Gasteiger partial charge >= 0.3 is 5.97 Å². The van der Waals surface area contributed by atoms with Crippen LogP contribution in [-0.4, -0.2) is 28.7 Å². The van der Waals surface area contributed by atoms with Gasteiger partial charge in [-0.2, -0.15) is 0 Å². The molecule has 2 aromatic carbocycles. The van der Waals surface area contributed by atoms with Gasteiger partial charge in [0.25, 0.3) is 11.5 Å². The number of ether oxygens (including phenoxy) is 1. The normalized spacial score (nSPS) is 11.6. The fraction of sp³-hybridized carbons (Fsp3) is 0.143. The van der Waals surface area contributed by atoms with Gasteiger partial charge in [0.05, 0.1) is 5.69 Å². The summed E-state index contributed by atoms with van der Waals surface area (Å²) >= 11 is 0. The molecule has 0 saturated heterocycles. The van der Waals surface area contributed by atoms with Gasteiger partial charge in [-0.05, 0) is 43.5 Å². The van der Waals surface area contributed by atoms with Gasteiger partial charge in [-0.15, -0.1) is 0 Å². The molecule has 7 nitrogen and oxygen atoms in total. The smallest absolute Gasteiger partial charge is 0.355 e. The first-order chi connectivity index (χ1) is 13.4. The number of rotatable bonds is 5. The van der Waals surface area contributed by atoms with E-state index in [0.717, 1.165) is 0 Å². The van der Waals surface area contributed by atoms with Gasteiger partial charge < -0.3 is 15.0 Å². The minimum Gasteiger partial charge on any atom is -0.448 e. The summed E-state index contributed by atoms with van der Waals surface area (Å²) in [5, 5.41) is 3.62. The quantitative estimate of drug-likeness (QED) is 0.525. The standard InChI is InChI=1S/C21H18N2O5/c1-12(24)15-8-5-6-10-17(15)22-19(25)13(2)28-21(27)18-11-14-7-3-4-9-16(14)20(26)23-18/h3-11,13H,1-2H3,(H,22,25)(H,23,26)/t13-/m1/s1. The van der Waals surface area contributed by atoms with Crippen molar-refractivity contribution in [3.8, 4) is 0 Å². The Labute approximate surface area is 160 Å². The molecule has 7 heteroatoms. The fourth-order valence-corrected chi connectivity index (χ4v) is 2.73. The number of amides is 1. The molecule has 3 aromatic rings. The first-order valence-electron chi connectivity index (χ1n) is 8.60. The summed E-state index contributed by atoms with van der Waals surface area (Å²) in [5.41, 5.74) is 0.222. The second-order valence-electron chi connectivity index (χ2n) is 6.24. The number of hydrogen-bond donors (Lipinski definition) is 2. The van der Waals surface area contributed by atoms with E-state index in [4.69, 9.17) is 4.74 Å². The van der Waals surface area contributed by atoms with Crippen molar-refractivity contribution in [1.82, 2.24) is 4.98 Å². The first-order valence-corrected chi connectivity index (χ1v) is 8.60. The molecule has 1 amide bonds. The number of aromatic nitrogens is 1. The van der Waals surface area contributed by atoms with Crippen molar-refractivity contribution in [2.75, 3.05) is 5.32 Å². The highest BCUT2D eigenvalue weighted by Crippen LogP contribution is 2.16. The average Bonchev–Trinajstić information content (AvgIpc) is 2.68. The molecule has 1 heterocycles. The lowest BCUT2D eigenvalue weighted by molar-refractivity contribution is -0.123. The van der Waals surface area contributed by atoms with Crippen molar-refractivity contribution in [2.24, 2.45) is 0 Å². The molecule has 0 aliphatic rings. The molecule has 0 fully saturated rings. The third kappa shape index (κ3) is 3.98. The second kappa shape index (κ2) is 7.87. The summed E-state index contributed by atoms with van der Waals surface area (Å²) in [6.45, 7) is 2.80. The predicted octanol–water partition coefficient (Wildman–Crippen LogP) is 2.91. The summed E-state index contributed by atoms with van der Waals surface area (Å²) in [5.74, 6) is -1.62. The van der Waals surface area contributed by atoms with Crippen molar-refractivity contribution in [3.05, 3.63) is 76.2 Å². The molecule has 0 radical (unpaired) electrons. The molecular weight excluding hydrogens is 360 g/mol. The largest absolute Gasteiger partial charge is 0.448 e. The minimum atomic E-state index is -1.14. The highest BCUT2D eigenvalue weighted by atomic mass is 16.5. The number of pyridine rings is 1.